The number of halogens is 2. The van der Waals surface area contributed by atoms with Crippen LogP contribution in [-0.2, 0) is 14.8 Å². The maximum atomic E-state index is 12.7. The van der Waals surface area contributed by atoms with Crippen molar-refractivity contribution in [2.45, 2.75) is 17.7 Å². The van der Waals surface area contributed by atoms with Crippen LogP contribution in [0.2, 0.25) is 5.02 Å². The lowest BCUT2D eigenvalue weighted by Crippen LogP contribution is -2.41. The quantitative estimate of drug-likeness (QED) is 0.760. The molecule has 1 N–H and O–H groups in total. The monoisotopic (exact) mass is 457 g/mol. The van der Waals surface area contributed by atoms with Crippen LogP contribution in [0.1, 0.15) is 12.8 Å². The van der Waals surface area contributed by atoms with Crippen molar-refractivity contribution >= 4 is 49.3 Å². The number of aromatic nitrogens is 1. The lowest BCUT2D eigenvalue weighted by atomic mass is 9.97. The molecule has 138 valence electrons. The van der Waals surface area contributed by atoms with Crippen molar-refractivity contribution in [1.29, 1.82) is 0 Å². The number of hydrogen-bond acceptors (Lipinski definition) is 4. The van der Waals surface area contributed by atoms with Crippen LogP contribution in [-0.4, -0.2) is 36.7 Å². The number of rotatable bonds is 4. The lowest BCUT2D eigenvalue weighted by molar-refractivity contribution is -0.120. The Morgan fingerprint density at radius 1 is 1.23 bits per heavy atom. The Balaban J connectivity index is 1.61. The second-order valence-corrected chi connectivity index (χ2v) is 9.28. The van der Waals surface area contributed by atoms with E-state index in [1.807, 2.05) is 0 Å². The molecule has 9 heteroatoms. The van der Waals surface area contributed by atoms with Crippen molar-refractivity contribution in [3.63, 3.8) is 0 Å². The average molecular weight is 459 g/mol. The predicted octanol–water partition coefficient (Wildman–Crippen LogP) is 3.54. The SMILES string of the molecule is O=C(Nc1ccc(Cl)cn1)C1CCN(S(=O)(=O)c2cccc(Br)c2)CC1. The molecule has 0 atom stereocenters. The molecule has 2 heterocycles. The van der Waals surface area contributed by atoms with Gasteiger partial charge in [-0.05, 0) is 43.2 Å². The summed E-state index contributed by atoms with van der Waals surface area (Å²) in [6, 6.07) is 9.91. The molecule has 1 fully saturated rings. The highest BCUT2D eigenvalue weighted by atomic mass is 79.9. The van der Waals surface area contributed by atoms with Crippen LogP contribution in [0.4, 0.5) is 5.82 Å². The number of nitrogens with zero attached hydrogens (tertiary/aromatic N) is 2. The van der Waals surface area contributed by atoms with Gasteiger partial charge >= 0.3 is 0 Å². The van der Waals surface area contributed by atoms with Gasteiger partial charge in [0.1, 0.15) is 5.82 Å². The molecule has 26 heavy (non-hydrogen) atoms. The second kappa shape index (κ2) is 8.04. The number of anilines is 1. The predicted molar refractivity (Wildman–Crippen MR) is 104 cm³/mol. The van der Waals surface area contributed by atoms with Crippen LogP contribution < -0.4 is 5.32 Å². The zero-order chi connectivity index (χ0) is 18.7. The van der Waals surface area contributed by atoms with Gasteiger partial charge in [0.2, 0.25) is 15.9 Å². The molecule has 0 unspecified atom stereocenters. The fraction of sp³-hybridized carbons (Fsp3) is 0.294. The minimum absolute atomic E-state index is 0.153. The number of piperidine rings is 1. The van der Waals surface area contributed by atoms with E-state index in [0.717, 1.165) is 0 Å². The van der Waals surface area contributed by atoms with Crippen molar-refractivity contribution in [3.8, 4) is 0 Å². The fourth-order valence-corrected chi connectivity index (χ4v) is 4.99. The van der Waals surface area contributed by atoms with Gasteiger partial charge in [0.15, 0.2) is 0 Å². The molecule has 2 aromatic rings. The molecule has 1 aromatic heterocycles. The standard InChI is InChI=1S/C17H17BrClN3O3S/c18-13-2-1-3-15(10-13)26(24,25)22-8-6-12(7-9-22)17(23)21-16-5-4-14(19)11-20-16/h1-5,10-12H,6-9H2,(H,20,21,23). The normalized spacial score (nSPS) is 16.4. The van der Waals surface area contributed by atoms with Gasteiger partial charge in [-0.2, -0.15) is 4.31 Å². The van der Waals surface area contributed by atoms with Gasteiger partial charge in [-0.1, -0.05) is 33.6 Å². The Hall–Kier alpha value is -1.48. The van der Waals surface area contributed by atoms with Gasteiger partial charge in [-0.25, -0.2) is 13.4 Å². The van der Waals surface area contributed by atoms with Gasteiger partial charge in [0, 0.05) is 29.7 Å². The van der Waals surface area contributed by atoms with E-state index in [1.54, 1.807) is 36.4 Å². The molecule has 1 saturated heterocycles. The van der Waals surface area contributed by atoms with Gasteiger partial charge in [-0.3, -0.25) is 4.79 Å². The summed E-state index contributed by atoms with van der Waals surface area (Å²) in [5, 5.41) is 3.24. The van der Waals surface area contributed by atoms with Gasteiger partial charge < -0.3 is 5.32 Å². The summed E-state index contributed by atoms with van der Waals surface area (Å²) in [4.78, 5) is 16.7. The summed E-state index contributed by atoms with van der Waals surface area (Å²) in [7, 11) is -3.55. The number of nitrogens with one attached hydrogen (secondary N) is 1. The van der Waals surface area contributed by atoms with Crippen LogP contribution in [0.3, 0.4) is 0 Å². The van der Waals surface area contributed by atoms with Crippen molar-refractivity contribution < 1.29 is 13.2 Å². The molecule has 0 bridgehead atoms. The molecule has 1 amide bonds. The molecule has 0 aliphatic carbocycles. The highest BCUT2D eigenvalue weighted by molar-refractivity contribution is 9.10. The van der Waals surface area contributed by atoms with E-state index >= 15 is 0 Å². The summed E-state index contributed by atoms with van der Waals surface area (Å²) in [5.41, 5.74) is 0. The highest BCUT2D eigenvalue weighted by Crippen LogP contribution is 2.26. The number of amides is 1. The number of sulfonamides is 1. The van der Waals surface area contributed by atoms with Crippen LogP contribution >= 0.6 is 27.5 Å². The zero-order valence-electron chi connectivity index (χ0n) is 13.7. The van der Waals surface area contributed by atoms with Crippen LogP contribution in [0, 0.1) is 5.92 Å². The number of carbonyl (C=O) groups is 1. The lowest BCUT2D eigenvalue weighted by Gasteiger charge is -2.30. The molecule has 0 radical (unpaired) electrons. The van der Waals surface area contributed by atoms with E-state index in [-0.39, 0.29) is 16.7 Å². The topological polar surface area (TPSA) is 79.4 Å². The first kappa shape index (κ1) is 19.3. The van der Waals surface area contributed by atoms with Crippen LogP contribution in [0.25, 0.3) is 0 Å². The summed E-state index contributed by atoms with van der Waals surface area (Å²) >= 11 is 9.07. The summed E-state index contributed by atoms with van der Waals surface area (Å²) in [5.74, 6) is 0.0318. The number of hydrogen-bond donors (Lipinski definition) is 1. The number of benzene rings is 1. The molecule has 0 spiro atoms. The van der Waals surface area contributed by atoms with Crippen molar-refractivity contribution in [3.05, 3.63) is 52.1 Å². The number of carbonyl (C=O) groups excluding carboxylic acids is 1. The Morgan fingerprint density at radius 3 is 2.58 bits per heavy atom. The molecular formula is C17H17BrClN3O3S. The van der Waals surface area contributed by atoms with Gasteiger partial charge in [0.05, 0.1) is 9.92 Å². The molecule has 1 aromatic carbocycles. The Kier molecular flexibility index (Phi) is 5.96. The third-order valence-corrected chi connectivity index (χ3v) is 6.85. The third-order valence-electron chi connectivity index (χ3n) is 4.24. The van der Waals surface area contributed by atoms with E-state index in [9.17, 15) is 13.2 Å². The molecule has 0 saturated carbocycles. The van der Waals surface area contributed by atoms with E-state index in [4.69, 9.17) is 11.6 Å². The second-order valence-electron chi connectivity index (χ2n) is 5.99. The first-order valence-corrected chi connectivity index (χ1v) is 10.7. The van der Waals surface area contributed by atoms with Crippen LogP contribution in [0.5, 0.6) is 0 Å². The summed E-state index contributed by atoms with van der Waals surface area (Å²) in [6.07, 6.45) is 2.39. The summed E-state index contributed by atoms with van der Waals surface area (Å²) < 4.78 is 27.6. The molecular weight excluding hydrogens is 442 g/mol. The van der Waals surface area contributed by atoms with E-state index in [2.05, 4.69) is 26.2 Å². The Morgan fingerprint density at radius 2 is 1.96 bits per heavy atom. The minimum atomic E-state index is -3.55. The third kappa shape index (κ3) is 4.43. The largest absolute Gasteiger partial charge is 0.310 e. The van der Waals surface area contributed by atoms with Crippen molar-refractivity contribution in [2.24, 2.45) is 5.92 Å². The average Bonchev–Trinajstić information content (AvgIpc) is 2.64. The highest BCUT2D eigenvalue weighted by Gasteiger charge is 2.32. The molecule has 1 aliphatic rings. The van der Waals surface area contributed by atoms with Gasteiger partial charge in [-0.15, -0.1) is 0 Å². The summed E-state index contributed by atoms with van der Waals surface area (Å²) in [6.45, 7) is 0.613. The fourth-order valence-electron chi connectivity index (χ4n) is 2.81. The Labute approximate surface area is 165 Å². The smallest absolute Gasteiger partial charge is 0.243 e. The maximum absolute atomic E-state index is 12.7. The maximum Gasteiger partial charge on any atom is 0.243 e. The van der Waals surface area contributed by atoms with E-state index < -0.39 is 10.0 Å². The van der Waals surface area contributed by atoms with Gasteiger partial charge in [0.25, 0.3) is 0 Å². The van der Waals surface area contributed by atoms with E-state index in [0.29, 0.717) is 41.2 Å². The van der Waals surface area contributed by atoms with Crippen molar-refractivity contribution in [1.82, 2.24) is 9.29 Å². The first-order valence-electron chi connectivity index (χ1n) is 8.04. The van der Waals surface area contributed by atoms with Crippen molar-refractivity contribution in [2.75, 3.05) is 18.4 Å². The molecule has 6 nitrogen and oxygen atoms in total. The molecule has 3 rings (SSSR count). The van der Waals surface area contributed by atoms with Crippen LogP contribution in [0.15, 0.2) is 52.0 Å². The number of pyridine rings is 1. The Bertz CT molecular complexity index is 898. The zero-order valence-corrected chi connectivity index (χ0v) is 16.9. The first-order chi connectivity index (χ1) is 12.4. The van der Waals surface area contributed by atoms with E-state index in [1.165, 1.54) is 10.5 Å². The molecule has 1 aliphatic heterocycles. The minimum Gasteiger partial charge on any atom is -0.310 e.